The normalized spacial score (nSPS) is 10.4. The number of nitrogens with two attached hydrogens (primary N) is 1. The molecule has 1 aromatic rings. The van der Waals surface area contributed by atoms with Gasteiger partial charge < -0.3 is 5.73 Å². The molecule has 0 aliphatic heterocycles. The van der Waals surface area contributed by atoms with Crippen molar-refractivity contribution in [3.8, 4) is 0 Å². The molecule has 0 aliphatic rings. The highest BCUT2D eigenvalue weighted by Gasteiger charge is 2.09. The Balaban J connectivity index is 2.54. The molecule has 1 aromatic heterocycles. The highest BCUT2D eigenvalue weighted by Crippen LogP contribution is 2.27. The van der Waals surface area contributed by atoms with Gasteiger partial charge >= 0.3 is 0 Å². The van der Waals surface area contributed by atoms with Crippen LogP contribution < -0.4 is 5.73 Å². The summed E-state index contributed by atoms with van der Waals surface area (Å²) in [6, 6.07) is 0. The van der Waals surface area contributed by atoms with Crippen molar-refractivity contribution in [1.29, 1.82) is 0 Å². The van der Waals surface area contributed by atoms with Gasteiger partial charge in [0.15, 0.2) is 0 Å². The fourth-order valence-corrected chi connectivity index (χ4v) is 2.11. The van der Waals surface area contributed by atoms with Crippen LogP contribution in [0, 0.1) is 6.92 Å². The van der Waals surface area contributed by atoms with Gasteiger partial charge in [0.2, 0.25) is 0 Å². The maximum atomic E-state index is 11.7. The van der Waals surface area contributed by atoms with Crippen LogP contribution in [-0.4, -0.2) is 15.5 Å². The molecular formula is C9H13F2N3S. The van der Waals surface area contributed by atoms with E-state index in [1.807, 2.05) is 6.92 Å². The first kappa shape index (κ1) is 12.0. The monoisotopic (exact) mass is 233 g/mol. The molecule has 0 unspecified atom stereocenters. The predicted octanol–water partition coefficient (Wildman–Crippen LogP) is 2.57. The van der Waals surface area contributed by atoms with E-state index in [1.165, 1.54) is 11.8 Å². The SMILES string of the molecule is Cc1nn(C)c(SCCC=C(F)F)c1N. The van der Waals surface area contributed by atoms with E-state index < -0.39 is 6.08 Å². The molecule has 0 radical (unpaired) electrons. The van der Waals surface area contributed by atoms with Crippen LogP contribution >= 0.6 is 11.8 Å². The van der Waals surface area contributed by atoms with Crippen LogP contribution in [0.25, 0.3) is 0 Å². The first-order valence-corrected chi connectivity index (χ1v) is 5.44. The van der Waals surface area contributed by atoms with Crippen molar-refractivity contribution in [3.63, 3.8) is 0 Å². The number of nitrogens with zero attached hydrogens (tertiary/aromatic N) is 2. The summed E-state index contributed by atoms with van der Waals surface area (Å²) in [5.74, 6) is 0.570. The second-order valence-electron chi connectivity index (χ2n) is 3.06. The second-order valence-corrected chi connectivity index (χ2v) is 4.14. The minimum atomic E-state index is -1.63. The molecule has 0 fully saturated rings. The van der Waals surface area contributed by atoms with Gasteiger partial charge in [-0.3, -0.25) is 4.68 Å². The molecule has 0 atom stereocenters. The maximum absolute atomic E-state index is 11.7. The summed E-state index contributed by atoms with van der Waals surface area (Å²) in [7, 11) is 1.79. The van der Waals surface area contributed by atoms with Gasteiger partial charge in [-0.2, -0.15) is 13.9 Å². The number of nitrogen functional groups attached to an aromatic ring is 1. The second kappa shape index (κ2) is 5.16. The molecule has 84 valence electrons. The fourth-order valence-electron chi connectivity index (χ4n) is 1.15. The van der Waals surface area contributed by atoms with Crippen molar-refractivity contribution < 1.29 is 8.78 Å². The van der Waals surface area contributed by atoms with E-state index >= 15 is 0 Å². The molecule has 0 saturated carbocycles. The van der Waals surface area contributed by atoms with Crippen molar-refractivity contribution in [2.45, 2.75) is 18.4 Å². The lowest BCUT2D eigenvalue weighted by Crippen LogP contribution is -1.94. The summed E-state index contributed by atoms with van der Waals surface area (Å²) in [6.07, 6.45) is -0.395. The van der Waals surface area contributed by atoms with E-state index in [2.05, 4.69) is 5.10 Å². The number of anilines is 1. The van der Waals surface area contributed by atoms with Gasteiger partial charge in [0.25, 0.3) is 6.08 Å². The number of hydrogen-bond acceptors (Lipinski definition) is 3. The molecule has 0 aromatic carbocycles. The van der Waals surface area contributed by atoms with E-state index in [-0.39, 0.29) is 0 Å². The molecule has 15 heavy (non-hydrogen) atoms. The third-order valence-corrected chi connectivity index (χ3v) is 3.07. The van der Waals surface area contributed by atoms with Crippen molar-refractivity contribution in [3.05, 3.63) is 17.9 Å². The van der Waals surface area contributed by atoms with E-state index in [0.717, 1.165) is 16.8 Å². The topological polar surface area (TPSA) is 43.8 Å². The molecule has 0 saturated heterocycles. The highest BCUT2D eigenvalue weighted by molar-refractivity contribution is 7.99. The van der Waals surface area contributed by atoms with Crippen LogP contribution in [0.1, 0.15) is 12.1 Å². The van der Waals surface area contributed by atoms with Gasteiger partial charge in [0.05, 0.1) is 11.4 Å². The Morgan fingerprint density at radius 3 is 2.73 bits per heavy atom. The zero-order valence-electron chi connectivity index (χ0n) is 8.63. The summed E-state index contributed by atoms with van der Waals surface area (Å²) < 4.78 is 25.1. The Bertz CT molecular complexity index is 370. The molecule has 3 nitrogen and oxygen atoms in total. The largest absolute Gasteiger partial charge is 0.395 e. The lowest BCUT2D eigenvalue weighted by Gasteiger charge is -2.00. The number of hydrogen-bond donors (Lipinski definition) is 1. The van der Waals surface area contributed by atoms with Crippen LogP contribution in [0.15, 0.2) is 17.2 Å². The van der Waals surface area contributed by atoms with E-state index in [9.17, 15) is 8.78 Å². The predicted molar refractivity (Wildman–Crippen MR) is 58.0 cm³/mol. The van der Waals surface area contributed by atoms with Crippen molar-refractivity contribution in [2.24, 2.45) is 7.05 Å². The number of aromatic nitrogens is 2. The maximum Gasteiger partial charge on any atom is 0.266 e. The molecule has 0 spiro atoms. The quantitative estimate of drug-likeness (QED) is 0.642. The van der Waals surface area contributed by atoms with Crippen LogP contribution in [0.4, 0.5) is 14.5 Å². The van der Waals surface area contributed by atoms with E-state index in [4.69, 9.17) is 5.73 Å². The van der Waals surface area contributed by atoms with E-state index in [1.54, 1.807) is 11.7 Å². The number of allylic oxidation sites excluding steroid dienone is 1. The van der Waals surface area contributed by atoms with Crippen LogP contribution in [0.3, 0.4) is 0 Å². The summed E-state index contributed by atoms with van der Waals surface area (Å²) in [5, 5.41) is 4.97. The van der Waals surface area contributed by atoms with Crippen molar-refractivity contribution >= 4 is 17.4 Å². The molecule has 2 N–H and O–H groups in total. The van der Waals surface area contributed by atoms with Gasteiger partial charge in [-0.25, -0.2) is 0 Å². The minimum Gasteiger partial charge on any atom is -0.395 e. The Hall–Kier alpha value is -1.04. The minimum absolute atomic E-state index is 0.330. The average molecular weight is 233 g/mol. The summed E-state index contributed by atoms with van der Waals surface area (Å²) in [6.45, 7) is 1.82. The number of thioether (sulfide) groups is 1. The van der Waals surface area contributed by atoms with Gasteiger partial charge in [-0.1, -0.05) is 0 Å². The zero-order valence-corrected chi connectivity index (χ0v) is 9.44. The lowest BCUT2D eigenvalue weighted by molar-refractivity contribution is 0.418. The Morgan fingerprint density at radius 1 is 1.60 bits per heavy atom. The summed E-state index contributed by atoms with van der Waals surface area (Å²) in [5.41, 5.74) is 7.18. The molecular weight excluding hydrogens is 220 g/mol. The standard InChI is InChI=1S/C9H13F2N3S/c1-6-8(12)9(14(2)13-6)15-5-3-4-7(10)11/h4H,3,5,12H2,1-2H3. The Labute approximate surface area is 91.3 Å². The first-order valence-electron chi connectivity index (χ1n) is 4.45. The lowest BCUT2D eigenvalue weighted by atomic mass is 10.4. The Morgan fingerprint density at radius 2 is 2.27 bits per heavy atom. The summed E-state index contributed by atoms with van der Waals surface area (Å²) >= 11 is 1.43. The van der Waals surface area contributed by atoms with E-state index in [0.29, 0.717) is 17.9 Å². The molecule has 0 amide bonds. The zero-order chi connectivity index (χ0) is 11.4. The number of rotatable bonds is 4. The summed E-state index contributed by atoms with van der Waals surface area (Å²) in [4.78, 5) is 0. The van der Waals surface area contributed by atoms with Crippen LogP contribution in [-0.2, 0) is 7.05 Å². The number of aryl methyl sites for hydroxylation is 2. The molecule has 1 heterocycles. The molecule has 1 rings (SSSR count). The molecule has 6 heteroatoms. The average Bonchev–Trinajstić information content (AvgIpc) is 2.37. The third-order valence-electron chi connectivity index (χ3n) is 1.87. The van der Waals surface area contributed by atoms with Gasteiger partial charge in [-0.15, -0.1) is 11.8 Å². The molecule has 0 bridgehead atoms. The van der Waals surface area contributed by atoms with Gasteiger partial charge in [-0.05, 0) is 19.4 Å². The van der Waals surface area contributed by atoms with Gasteiger partial charge in [0.1, 0.15) is 5.03 Å². The smallest absolute Gasteiger partial charge is 0.266 e. The molecule has 0 aliphatic carbocycles. The fraction of sp³-hybridized carbons (Fsp3) is 0.444. The van der Waals surface area contributed by atoms with Crippen LogP contribution in [0.2, 0.25) is 0 Å². The number of halogens is 2. The van der Waals surface area contributed by atoms with Crippen molar-refractivity contribution in [1.82, 2.24) is 9.78 Å². The first-order chi connectivity index (χ1) is 7.02. The highest BCUT2D eigenvalue weighted by atomic mass is 32.2. The van der Waals surface area contributed by atoms with Crippen LogP contribution in [0.5, 0.6) is 0 Å². The van der Waals surface area contributed by atoms with Crippen molar-refractivity contribution in [2.75, 3.05) is 11.5 Å². The van der Waals surface area contributed by atoms with Gasteiger partial charge in [0, 0.05) is 12.8 Å². The third kappa shape index (κ3) is 3.23. The Kier molecular flexibility index (Phi) is 4.14.